The first-order valence-electron chi connectivity index (χ1n) is 6.72. The van der Waals surface area contributed by atoms with Crippen LogP contribution in [-0.4, -0.2) is 46.2 Å². The maximum absolute atomic E-state index is 4.07. The second-order valence-corrected chi connectivity index (χ2v) is 5.01. The third kappa shape index (κ3) is 3.54. The summed E-state index contributed by atoms with van der Waals surface area (Å²) in [5.74, 6) is 0. The first kappa shape index (κ1) is 12.6. The lowest BCUT2D eigenvalue weighted by molar-refractivity contribution is 0.136. The summed E-state index contributed by atoms with van der Waals surface area (Å²) in [5, 5.41) is 3.60. The Morgan fingerprint density at radius 2 is 2.29 bits per heavy atom. The highest BCUT2D eigenvalue weighted by Crippen LogP contribution is 2.09. The molecule has 0 spiro atoms. The Bertz CT molecular complexity index is 309. The molecular weight excluding hydrogens is 212 g/mol. The molecule has 2 rings (SSSR count). The lowest BCUT2D eigenvalue weighted by Gasteiger charge is -2.38. The highest BCUT2D eigenvalue weighted by Gasteiger charge is 2.22. The molecular formula is C13H24N4. The van der Waals surface area contributed by atoms with Crippen LogP contribution in [0.25, 0.3) is 0 Å². The van der Waals surface area contributed by atoms with Crippen LogP contribution in [0.3, 0.4) is 0 Å². The minimum Gasteiger partial charge on any atom is -0.337 e. The van der Waals surface area contributed by atoms with Gasteiger partial charge in [-0.15, -0.1) is 0 Å². The smallest absolute Gasteiger partial charge is 0.0945 e. The second-order valence-electron chi connectivity index (χ2n) is 5.01. The predicted octanol–water partition coefficient (Wildman–Crippen LogP) is 1.35. The Hall–Kier alpha value is -0.870. The van der Waals surface area contributed by atoms with Gasteiger partial charge in [0.05, 0.1) is 6.33 Å². The summed E-state index contributed by atoms with van der Waals surface area (Å²) in [6, 6.07) is 1.35. The third-order valence-electron chi connectivity index (χ3n) is 3.69. The fourth-order valence-electron chi connectivity index (χ4n) is 2.45. The summed E-state index contributed by atoms with van der Waals surface area (Å²) in [4.78, 5) is 6.68. The Kier molecular flexibility index (Phi) is 4.57. The average molecular weight is 236 g/mol. The zero-order valence-electron chi connectivity index (χ0n) is 11.0. The number of hydrogen-bond donors (Lipinski definition) is 1. The standard InChI is InChI=1S/C13H24N4/c1-3-13-10-17(12(2)9-15-13)7-4-6-16-8-5-14-11-16/h5,8,11-13,15H,3-4,6-7,9-10H2,1-2H3. The van der Waals surface area contributed by atoms with Gasteiger partial charge in [0.1, 0.15) is 0 Å². The molecule has 1 aromatic rings. The number of hydrogen-bond acceptors (Lipinski definition) is 3. The molecule has 4 heteroatoms. The van der Waals surface area contributed by atoms with Crippen molar-refractivity contribution < 1.29 is 0 Å². The monoisotopic (exact) mass is 236 g/mol. The van der Waals surface area contributed by atoms with E-state index in [1.807, 2.05) is 18.7 Å². The quantitative estimate of drug-likeness (QED) is 0.837. The van der Waals surface area contributed by atoms with Crippen LogP contribution in [0, 0.1) is 0 Å². The van der Waals surface area contributed by atoms with Gasteiger partial charge in [-0.1, -0.05) is 6.92 Å². The third-order valence-corrected chi connectivity index (χ3v) is 3.69. The summed E-state index contributed by atoms with van der Waals surface area (Å²) in [5.41, 5.74) is 0. The summed E-state index contributed by atoms with van der Waals surface area (Å²) in [6.45, 7) is 9.17. The molecule has 0 aromatic carbocycles. The van der Waals surface area contributed by atoms with Gasteiger partial charge in [-0.2, -0.15) is 0 Å². The van der Waals surface area contributed by atoms with Gasteiger partial charge >= 0.3 is 0 Å². The number of nitrogens with zero attached hydrogens (tertiary/aromatic N) is 3. The van der Waals surface area contributed by atoms with Crippen molar-refractivity contribution in [3.63, 3.8) is 0 Å². The molecule has 1 saturated heterocycles. The Morgan fingerprint density at radius 3 is 3.00 bits per heavy atom. The highest BCUT2D eigenvalue weighted by molar-refractivity contribution is 4.83. The number of piperazine rings is 1. The molecule has 1 aromatic heterocycles. The van der Waals surface area contributed by atoms with Gasteiger partial charge in [-0.3, -0.25) is 4.90 Å². The summed E-state index contributed by atoms with van der Waals surface area (Å²) < 4.78 is 2.16. The van der Waals surface area contributed by atoms with Crippen LogP contribution < -0.4 is 5.32 Å². The Labute approximate surface area is 104 Å². The summed E-state index contributed by atoms with van der Waals surface area (Å²) >= 11 is 0. The molecule has 1 aliphatic rings. The lowest BCUT2D eigenvalue weighted by atomic mass is 10.1. The van der Waals surface area contributed by atoms with E-state index >= 15 is 0 Å². The van der Waals surface area contributed by atoms with E-state index in [-0.39, 0.29) is 0 Å². The molecule has 2 heterocycles. The molecule has 0 aliphatic carbocycles. The van der Waals surface area contributed by atoms with Gasteiger partial charge in [-0.05, 0) is 19.8 Å². The predicted molar refractivity (Wildman–Crippen MR) is 70.0 cm³/mol. The second kappa shape index (κ2) is 6.17. The summed E-state index contributed by atoms with van der Waals surface area (Å²) in [6.07, 6.45) is 8.22. The minimum absolute atomic E-state index is 0.667. The first-order valence-corrected chi connectivity index (χ1v) is 6.72. The van der Waals surface area contributed by atoms with E-state index < -0.39 is 0 Å². The van der Waals surface area contributed by atoms with Crippen LogP contribution in [0.4, 0.5) is 0 Å². The molecule has 0 amide bonds. The first-order chi connectivity index (χ1) is 8.29. The molecule has 17 heavy (non-hydrogen) atoms. The van der Waals surface area contributed by atoms with Crippen molar-refractivity contribution in [3.8, 4) is 0 Å². The van der Waals surface area contributed by atoms with E-state index in [1.54, 1.807) is 0 Å². The van der Waals surface area contributed by atoms with Gasteiger partial charge in [0.25, 0.3) is 0 Å². The molecule has 96 valence electrons. The zero-order chi connectivity index (χ0) is 12.1. The number of nitrogens with one attached hydrogen (secondary N) is 1. The van der Waals surface area contributed by atoms with Gasteiger partial charge in [-0.25, -0.2) is 4.98 Å². The Balaban J connectivity index is 1.73. The van der Waals surface area contributed by atoms with E-state index in [0.29, 0.717) is 12.1 Å². The zero-order valence-corrected chi connectivity index (χ0v) is 11.0. The normalized spacial score (nSPS) is 26.2. The maximum atomic E-state index is 4.07. The lowest BCUT2D eigenvalue weighted by Crippen LogP contribution is -2.55. The molecule has 1 N–H and O–H groups in total. The van der Waals surface area contributed by atoms with E-state index in [2.05, 4.69) is 33.6 Å². The van der Waals surface area contributed by atoms with Crippen LogP contribution in [0.5, 0.6) is 0 Å². The van der Waals surface area contributed by atoms with Gasteiger partial charge in [0.15, 0.2) is 0 Å². The molecule has 2 atom stereocenters. The van der Waals surface area contributed by atoms with Crippen molar-refractivity contribution in [2.75, 3.05) is 19.6 Å². The topological polar surface area (TPSA) is 33.1 Å². The van der Waals surface area contributed by atoms with Gasteiger partial charge < -0.3 is 9.88 Å². The molecule has 0 bridgehead atoms. The molecule has 2 unspecified atom stereocenters. The van der Waals surface area contributed by atoms with E-state index in [4.69, 9.17) is 0 Å². The minimum atomic E-state index is 0.667. The van der Waals surface area contributed by atoms with Crippen molar-refractivity contribution in [2.45, 2.75) is 45.3 Å². The van der Waals surface area contributed by atoms with Gasteiger partial charge in [0.2, 0.25) is 0 Å². The van der Waals surface area contributed by atoms with Crippen molar-refractivity contribution in [2.24, 2.45) is 0 Å². The fourth-order valence-corrected chi connectivity index (χ4v) is 2.45. The number of imidazole rings is 1. The molecule has 0 radical (unpaired) electrons. The molecule has 0 saturated carbocycles. The van der Waals surface area contributed by atoms with Crippen LogP contribution in [0.15, 0.2) is 18.7 Å². The number of rotatable bonds is 5. The summed E-state index contributed by atoms with van der Waals surface area (Å²) in [7, 11) is 0. The molecule has 1 fully saturated rings. The number of aromatic nitrogens is 2. The fraction of sp³-hybridized carbons (Fsp3) is 0.769. The maximum Gasteiger partial charge on any atom is 0.0945 e. The van der Waals surface area contributed by atoms with Crippen LogP contribution >= 0.6 is 0 Å². The Morgan fingerprint density at radius 1 is 1.41 bits per heavy atom. The number of aryl methyl sites for hydroxylation is 1. The van der Waals surface area contributed by atoms with Crippen LogP contribution in [0.2, 0.25) is 0 Å². The van der Waals surface area contributed by atoms with E-state index in [0.717, 1.165) is 13.1 Å². The molecule has 4 nitrogen and oxygen atoms in total. The van der Waals surface area contributed by atoms with Crippen molar-refractivity contribution in [1.82, 2.24) is 19.8 Å². The molecule has 1 aliphatic heterocycles. The van der Waals surface area contributed by atoms with E-state index in [9.17, 15) is 0 Å². The van der Waals surface area contributed by atoms with Crippen molar-refractivity contribution in [1.29, 1.82) is 0 Å². The van der Waals surface area contributed by atoms with Crippen molar-refractivity contribution in [3.05, 3.63) is 18.7 Å². The van der Waals surface area contributed by atoms with Crippen LogP contribution in [-0.2, 0) is 6.54 Å². The van der Waals surface area contributed by atoms with E-state index in [1.165, 1.54) is 25.9 Å². The largest absolute Gasteiger partial charge is 0.337 e. The average Bonchev–Trinajstić information content (AvgIpc) is 2.84. The van der Waals surface area contributed by atoms with Gasteiger partial charge in [0, 0.05) is 50.7 Å². The van der Waals surface area contributed by atoms with Crippen LogP contribution in [0.1, 0.15) is 26.7 Å². The SMILES string of the molecule is CCC1CN(CCCn2ccnc2)C(C)CN1. The highest BCUT2D eigenvalue weighted by atomic mass is 15.2. The van der Waals surface area contributed by atoms with Crippen molar-refractivity contribution >= 4 is 0 Å².